The standard InChI is InChI=1S/C11H18N4O4/c1-11(2)18-8-7(5-16)17-10(9(8)19-11)15-4-6(3-12)13-14-15/h4,7-10,16H,3,5,12H2,1-2H3/t7-,8-,9-,10-/m1/s1. The minimum absolute atomic E-state index is 0.129. The third-order valence-corrected chi connectivity index (χ3v) is 3.33. The first kappa shape index (κ1) is 12.9. The van der Waals surface area contributed by atoms with Gasteiger partial charge < -0.3 is 25.1 Å². The maximum Gasteiger partial charge on any atom is 0.181 e. The Morgan fingerprint density at radius 1 is 1.42 bits per heavy atom. The molecule has 19 heavy (non-hydrogen) atoms. The molecule has 0 saturated carbocycles. The van der Waals surface area contributed by atoms with Gasteiger partial charge in [0.2, 0.25) is 0 Å². The number of ether oxygens (including phenoxy) is 3. The van der Waals surface area contributed by atoms with Gasteiger partial charge in [-0.25, -0.2) is 4.68 Å². The number of aliphatic hydroxyl groups excluding tert-OH is 1. The fraction of sp³-hybridized carbons (Fsp3) is 0.818. The Hall–Kier alpha value is -1.06. The van der Waals surface area contributed by atoms with E-state index in [1.54, 1.807) is 10.9 Å². The van der Waals surface area contributed by atoms with Crippen LogP contribution in [-0.2, 0) is 20.8 Å². The van der Waals surface area contributed by atoms with Crippen molar-refractivity contribution in [3.8, 4) is 0 Å². The van der Waals surface area contributed by atoms with E-state index in [1.165, 1.54) is 0 Å². The van der Waals surface area contributed by atoms with Crippen LogP contribution in [0.3, 0.4) is 0 Å². The van der Waals surface area contributed by atoms with Crippen molar-refractivity contribution < 1.29 is 19.3 Å². The number of aliphatic hydroxyl groups is 1. The molecule has 2 aliphatic heterocycles. The van der Waals surface area contributed by atoms with Gasteiger partial charge in [-0.05, 0) is 13.8 Å². The van der Waals surface area contributed by atoms with Gasteiger partial charge in [0.15, 0.2) is 12.0 Å². The molecule has 4 atom stereocenters. The largest absolute Gasteiger partial charge is 0.394 e. The first-order valence-corrected chi connectivity index (χ1v) is 6.27. The molecule has 8 nitrogen and oxygen atoms in total. The smallest absolute Gasteiger partial charge is 0.181 e. The van der Waals surface area contributed by atoms with Crippen LogP contribution in [0.1, 0.15) is 25.8 Å². The summed E-state index contributed by atoms with van der Waals surface area (Å²) in [4.78, 5) is 0. The number of hydrogen-bond acceptors (Lipinski definition) is 7. The summed E-state index contributed by atoms with van der Waals surface area (Å²) in [5.74, 6) is -0.692. The third kappa shape index (κ3) is 2.15. The number of hydrogen-bond donors (Lipinski definition) is 2. The Labute approximate surface area is 110 Å². The molecular weight excluding hydrogens is 252 g/mol. The summed E-state index contributed by atoms with van der Waals surface area (Å²) in [6, 6.07) is 0. The highest BCUT2D eigenvalue weighted by molar-refractivity contribution is 4.99. The van der Waals surface area contributed by atoms with Crippen molar-refractivity contribution >= 4 is 0 Å². The summed E-state index contributed by atoms with van der Waals surface area (Å²) < 4.78 is 18.9. The fourth-order valence-corrected chi connectivity index (χ4v) is 2.55. The Balaban J connectivity index is 1.86. The van der Waals surface area contributed by atoms with E-state index in [9.17, 15) is 5.11 Å². The second-order valence-electron chi connectivity index (χ2n) is 5.21. The van der Waals surface area contributed by atoms with E-state index in [0.717, 1.165) is 0 Å². The van der Waals surface area contributed by atoms with Crippen molar-refractivity contribution in [1.29, 1.82) is 0 Å². The van der Waals surface area contributed by atoms with Crippen molar-refractivity contribution in [1.82, 2.24) is 15.0 Å². The predicted molar refractivity (Wildman–Crippen MR) is 62.7 cm³/mol. The van der Waals surface area contributed by atoms with Gasteiger partial charge in [-0.2, -0.15) is 0 Å². The van der Waals surface area contributed by atoms with Crippen LogP contribution in [0.2, 0.25) is 0 Å². The molecule has 3 N–H and O–H groups in total. The molecular formula is C11H18N4O4. The Bertz CT molecular complexity index is 463. The van der Waals surface area contributed by atoms with Crippen LogP contribution in [0.15, 0.2) is 6.20 Å². The lowest BCUT2D eigenvalue weighted by molar-refractivity contribution is -0.201. The van der Waals surface area contributed by atoms with Crippen LogP contribution in [-0.4, -0.2) is 50.8 Å². The first-order chi connectivity index (χ1) is 9.04. The molecule has 1 aromatic heterocycles. The molecule has 0 unspecified atom stereocenters. The van der Waals surface area contributed by atoms with E-state index in [1.807, 2.05) is 13.8 Å². The summed E-state index contributed by atoms with van der Waals surface area (Å²) in [7, 11) is 0. The van der Waals surface area contributed by atoms with E-state index >= 15 is 0 Å². The summed E-state index contributed by atoms with van der Waals surface area (Å²) in [5.41, 5.74) is 6.18. The number of nitrogens with zero attached hydrogens (tertiary/aromatic N) is 3. The molecule has 0 aliphatic carbocycles. The summed E-state index contributed by atoms with van der Waals surface area (Å²) in [6.07, 6.45) is 0.199. The number of fused-ring (bicyclic) bond motifs is 1. The highest BCUT2D eigenvalue weighted by atomic mass is 16.8. The topological polar surface area (TPSA) is 105 Å². The first-order valence-electron chi connectivity index (χ1n) is 6.27. The average Bonchev–Trinajstić information content (AvgIpc) is 3.01. The molecule has 0 bridgehead atoms. The van der Waals surface area contributed by atoms with E-state index < -0.39 is 18.1 Å². The normalized spacial score (nSPS) is 36.6. The molecule has 8 heteroatoms. The molecule has 0 spiro atoms. The number of nitrogens with two attached hydrogens (primary N) is 1. The van der Waals surface area contributed by atoms with Gasteiger partial charge in [-0.1, -0.05) is 5.21 Å². The molecule has 0 amide bonds. The Kier molecular flexibility index (Phi) is 3.06. The summed E-state index contributed by atoms with van der Waals surface area (Å²) in [6.45, 7) is 3.86. The maximum absolute atomic E-state index is 9.37. The highest BCUT2D eigenvalue weighted by Crippen LogP contribution is 2.42. The predicted octanol–water partition coefficient (Wildman–Crippen LogP) is -0.853. The molecule has 106 valence electrons. The molecule has 2 saturated heterocycles. The van der Waals surface area contributed by atoms with Crippen molar-refractivity contribution in [3.63, 3.8) is 0 Å². The van der Waals surface area contributed by atoms with E-state index in [2.05, 4.69) is 10.3 Å². The van der Waals surface area contributed by atoms with Crippen LogP contribution in [0.5, 0.6) is 0 Å². The van der Waals surface area contributed by atoms with E-state index in [4.69, 9.17) is 19.9 Å². The summed E-state index contributed by atoms with van der Waals surface area (Å²) in [5, 5.41) is 17.3. The zero-order valence-electron chi connectivity index (χ0n) is 10.9. The van der Waals surface area contributed by atoms with Crippen LogP contribution < -0.4 is 5.73 Å². The molecule has 3 rings (SSSR count). The highest BCUT2D eigenvalue weighted by Gasteiger charge is 2.56. The quantitative estimate of drug-likeness (QED) is 0.736. The Morgan fingerprint density at radius 2 is 2.16 bits per heavy atom. The lowest BCUT2D eigenvalue weighted by Gasteiger charge is -2.23. The van der Waals surface area contributed by atoms with Gasteiger partial charge in [-0.15, -0.1) is 5.10 Å². The van der Waals surface area contributed by atoms with Crippen LogP contribution >= 0.6 is 0 Å². The molecule has 1 aromatic rings. The van der Waals surface area contributed by atoms with Crippen LogP contribution in [0.4, 0.5) is 0 Å². The second kappa shape index (κ2) is 4.50. The van der Waals surface area contributed by atoms with Gasteiger partial charge in [0.1, 0.15) is 18.3 Å². The zero-order chi connectivity index (χ0) is 13.6. The minimum Gasteiger partial charge on any atom is -0.394 e. The fourth-order valence-electron chi connectivity index (χ4n) is 2.55. The van der Waals surface area contributed by atoms with Crippen molar-refractivity contribution in [3.05, 3.63) is 11.9 Å². The summed E-state index contributed by atoms with van der Waals surface area (Å²) >= 11 is 0. The molecule has 3 heterocycles. The van der Waals surface area contributed by atoms with Crippen LogP contribution in [0.25, 0.3) is 0 Å². The SMILES string of the molecule is CC1(C)O[C@@H]2[C@H](O1)[C@@H](CO)O[C@H]2n1cc(CN)nn1. The Morgan fingerprint density at radius 3 is 2.79 bits per heavy atom. The van der Waals surface area contributed by atoms with E-state index in [0.29, 0.717) is 12.2 Å². The third-order valence-electron chi connectivity index (χ3n) is 3.33. The van der Waals surface area contributed by atoms with Gasteiger partial charge in [0.25, 0.3) is 0 Å². The van der Waals surface area contributed by atoms with Gasteiger partial charge in [0.05, 0.1) is 18.5 Å². The lowest BCUT2D eigenvalue weighted by atomic mass is 10.1. The van der Waals surface area contributed by atoms with Gasteiger partial charge in [-0.3, -0.25) is 0 Å². The minimum atomic E-state index is -0.692. The van der Waals surface area contributed by atoms with E-state index in [-0.39, 0.29) is 18.8 Å². The van der Waals surface area contributed by atoms with Crippen molar-refractivity contribution in [2.75, 3.05) is 6.61 Å². The number of rotatable bonds is 3. The molecule has 0 aromatic carbocycles. The monoisotopic (exact) mass is 270 g/mol. The molecule has 2 aliphatic rings. The van der Waals surface area contributed by atoms with Crippen molar-refractivity contribution in [2.24, 2.45) is 5.73 Å². The van der Waals surface area contributed by atoms with Gasteiger partial charge in [0, 0.05) is 6.54 Å². The number of aromatic nitrogens is 3. The maximum atomic E-state index is 9.37. The van der Waals surface area contributed by atoms with Gasteiger partial charge >= 0.3 is 0 Å². The van der Waals surface area contributed by atoms with Crippen molar-refractivity contribution in [2.45, 2.75) is 50.7 Å². The average molecular weight is 270 g/mol. The zero-order valence-corrected chi connectivity index (χ0v) is 10.9. The second-order valence-corrected chi connectivity index (χ2v) is 5.21. The molecule has 0 radical (unpaired) electrons. The molecule has 2 fully saturated rings. The van der Waals surface area contributed by atoms with Crippen LogP contribution in [0, 0.1) is 0 Å². The lowest BCUT2D eigenvalue weighted by Crippen LogP contribution is -2.31.